The molecule has 0 saturated carbocycles. The summed E-state index contributed by atoms with van der Waals surface area (Å²) in [5, 5.41) is 47.4. The van der Waals surface area contributed by atoms with E-state index in [-0.39, 0.29) is 16.7 Å². The van der Waals surface area contributed by atoms with Gasteiger partial charge in [-0.3, -0.25) is 0 Å². The number of rotatable bonds is 3. The molecule has 1 aliphatic rings. The van der Waals surface area contributed by atoms with Gasteiger partial charge < -0.3 is 9.13 Å². The van der Waals surface area contributed by atoms with Gasteiger partial charge >= 0.3 is 0 Å². The third kappa shape index (κ3) is 4.04. The van der Waals surface area contributed by atoms with Crippen LogP contribution in [0.5, 0.6) is 0 Å². The molecule has 1 aliphatic carbocycles. The Morgan fingerprint density at radius 2 is 1.00 bits per heavy atom. The summed E-state index contributed by atoms with van der Waals surface area (Å²) < 4.78 is 4.03. The Kier molecular flexibility index (Phi) is 6.40. The summed E-state index contributed by atoms with van der Waals surface area (Å²) in [6.45, 7) is 0. The highest BCUT2D eigenvalue weighted by molar-refractivity contribution is 6.18. The zero-order valence-electron chi connectivity index (χ0n) is 28.1. The maximum absolute atomic E-state index is 10.9. The number of hydrogen-bond donors (Lipinski definition) is 0. The SMILES string of the molecule is N#Cc1cc(-c2cccc(C#N)c2-n2c3ccccc3c3c4c(ccc32)Cc2ccccc2-4)c(C#N)c(C#N)c1-n1c2ccccc2c2ccccc21. The van der Waals surface area contributed by atoms with E-state index < -0.39 is 0 Å². The van der Waals surface area contributed by atoms with Gasteiger partial charge in [0.25, 0.3) is 0 Å². The first-order valence-corrected chi connectivity index (χ1v) is 17.2. The standard InChI is InChI=1S/C47H24N6/c48-24-30-11-9-16-35(46(30)53-42-19-8-5-15-36(42)45-43(53)21-20-29-22-28-10-1-2-12-32(28)44(29)45)37-23-31(25-49)47(39(27-51)38(37)26-50)52-40-17-6-3-13-33(40)34-14-4-7-18-41(34)52/h1-21,23H,22H2. The van der Waals surface area contributed by atoms with Crippen molar-refractivity contribution in [1.29, 1.82) is 21.0 Å². The van der Waals surface area contributed by atoms with Crippen LogP contribution in [0.4, 0.5) is 0 Å². The number of para-hydroxylation sites is 4. The third-order valence-electron chi connectivity index (χ3n) is 10.7. The lowest BCUT2D eigenvalue weighted by Crippen LogP contribution is -2.07. The van der Waals surface area contributed by atoms with E-state index in [0.29, 0.717) is 28.1 Å². The second kappa shape index (κ2) is 11.3. The molecule has 53 heavy (non-hydrogen) atoms. The quantitative estimate of drug-likeness (QED) is 0.186. The molecule has 0 atom stereocenters. The molecule has 0 aliphatic heterocycles. The normalized spacial score (nSPS) is 11.6. The fourth-order valence-electron chi connectivity index (χ4n) is 8.61. The van der Waals surface area contributed by atoms with E-state index in [4.69, 9.17) is 0 Å². The van der Waals surface area contributed by atoms with Crippen LogP contribution in [-0.2, 0) is 6.42 Å². The van der Waals surface area contributed by atoms with E-state index >= 15 is 0 Å². The Balaban J connectivity index is 1.32. The van der Waals surface area contributed by atoms with E-state index in [1.165, 1.54) is 22.3 Å². The van der Waals surface area contributed by atoms with E-state index in [2.05, 4.69) is 77.4 Å². The van der Waals surface area contributed by atoms with Gasteiger partial charge in [-0.2, -0.15) is 21.0 Å². The van der Waals surface area contributed by atoms with Gasteiger partial charge in [-0.15, -0.1) is 0 Å². The molecule has 6 nitrogen and oxygen atoms in total. The van der Waals surface area contributed by atoms with Gasteiger partial charge in [-0.1, -0.05) is 97.1 Å². The molecule has 2 aromatic heterocycles. The number of nitrogens with zero attached hydrogens (tertiary/aromatic N) is 6. The minimum absolute atomic E-state index is 0.0954. The van der Waals surface area contributed by atoms with Crippen LogP contribution < -0.4 is 0 Å². The second-order valence-corrected chi connectivity index (χ2v) is 13.3. The molecule has 0 fully saturated rings. The van der Waals surface area contributed by atoms with Crippen molar-refractivity contribution in [2.24, 2.45) is 0 Å². The Morgan fingerprint density at radius 3 is 1.68 bits per heavy atom. The summed E-state index contributed by atoms with van der Waals surface area (Å²) in [5.41, 5.74) is 11.2. The van der Waals surface area contributed by atoms with Crippen LogP contribution in [0.25, 0.3) is 77.2 Å². The molecule has 0 N–H and O–H groups in total. The lowest BCUT2D eigenvalue weighted by Gasteiger charge is -2.19. The average Bonchev–Trinajstić information content (AvgIpc) is 3.87. The first-order chi connectivity index (χ1) is 26.2. The summed E-state index contributed by atoms with van der Waals surface area (Å²) >= 11 is 0. The molecule has 0 bridgehead atoms. The van der Waals surface area contributed by atoms with Gasteiger partial charge in [0.2, 0.25) is 0 Å². The molecule has 0 radical (unpaired) electrons. The molecule has 0 unspecified atom stereocenters. The van der Waals surface area contributed by atoms with Crippen LogP contribution in [0.15, 0.2) is 133 Å². The largest absolute Gasteiger partial charge is 0.307 e. The van der Waals surface area contributed by atoms with E-state index in [1.807, 2.05) is 71.3 Å². The third-order valence-corrected chi connectivity index (χ3v) is 10.7. The first-order valence-electron chi connectivity index (χ1n) is 17.2. The van der Waals surface area contributed by atoms with Gasteiger partial charge in [0, 0.05) is 32.7 Å². The minimum Gasteiger partial charge on any atom is -0.307 e. The second-order valence-electron chi connectivity index (χ2n) is 13.3. The van der Waals surface area contributed by atoms with Crippen molar-refractivity contribution in [2.75, 3.05) is 0 Å². The van der Waals surface area contributed by atoms with Gasteiger partial charge in [0.1, 0.15) is 24.3 Å². The molecule has 2 heterocycles. The molecule has 6 heteroatoms. The molecule has 7 aromatic carbocycles. The molecule has 0 saturated heterocycles. The molecule has 10 rings (SSSR count). The van der Waals surface area contributed by atoms with Crippen molar-refractivity contribution < 1.29 is 0 Å². The zero-order chi connectivity index (χ0) is 35.8. The Morgan fingerprint density at radius 1 is 0.415 bits per heavy atom. The van der Waals surface area contributed by atoms with Crippen LogP contribution in [0.3, 0.4) is 0 Å². The van der Waals surface area contributed by atoms with Gasteiger partial charge in [-0.05, 0) is 65.1 Å². The highest BCUT2D eigenvalue weighted by Gasteiger charge is 2.29. The van der Waals surface area contributed by atoms with Gasteiger partial charge in [0.05, 0.1) is 55.7 Å². The summed E-state index contributed by atoms with van der Waals surface area (Å²) in [6, 6.07) is 53.3. The summed E-state index contributed by atoms with van der Waals surface area (Å²) in [7, 11) is 0. The maximum atomic E-state index is 10.9. The van der Waals surface area contributed by atoms with Crippen molar-refractivity contribution in [3.8, 4) is 57.9 Å². The van der Waals surface area contributed by atoms with E-state index in [9.17, 15) is 21.0 Å². The molecule has 0 spiro atoms. The molecule has 242 valence electrons. The van der Waals surface area contributed by atoms with Crippen molar-refractivity contribution in [1.82, 2.24) is 9.13 Å². The van der Waals surface area contributed by atoms with E-state index in [1.54, 1.807) is 18.2 Å². The summed E-state index contributed by atoms with van der Waals surface area (Å²) in [6.07, 6.45) is 0.846. The maximum Gasteiger partial charge on any atom is 0.103 e. The first kappa shape index (κ1) is 30.0. The fraction of sp³-hybridized carbons (Fsp3) is 0.0213. The van der Waals surface area contributed by atoms with Crippen LogP contribution >= 0.6 is 0 Å². The monoisotopic (exact) mass is 672 g/mol. The lowest BCUT2D eigenvalue weighted by molar-refractivity contribution is 1.14. The molecular weight excluding hydrogens is 649 g/mol. The van der Waals surface area contributed by atoms with Crippen LogP contribution in [0.1, 0.15) is 33.4 Å². The highest BCUT2D eigenvalue weighted by atomic mass is 15.0. The summed E-state index contributed by atoms with van der Waals surface area (Å²) in [4.78, 5) is 0. The molecule has 9 aromatic rings. The topological polar surface area (TPSA) is 105 Å². The fourth-order valence-corrected chi connectivity index (χ4v) is 8.61. The number of fused-ring (bicyclic) bond motifs is 10. The molecular formula is C47H24N6. The Hall–Kier alpha value is -7.90. The number of aromatic nitrogens is 2. The number of hydrogen-bond acceptors (Lipinski definition) is 4. The molecule has 0 amide bonds. The minimum atomic E-state index is 0.0954. The van der Waals surface area contributed by atoms with Crippen LogP contribution in [0, 0.1) is 45.3 Å². The Bertz CT molecular complexity index is 3200. The van der Waals surface area contributed by atoms with Gasteiger partial charge in [0.15, 0.2) is 0 Å². The average molecular weight is 673 g/mol. The van der Waals surface area contributed by atoms with Crippen molar-refractivity contribution in [3.05, 3.63) is 167 Å². The Labute approximate surface area is 304 Å². The predicted molar refractivity (Wildman–Crippen MR) is 208 cm³/mol. The number of benzene rings is 7. The summed E-state index contributed by atoms with van der Waals surface area (Å²) in [5.74, 6) is 0. The van der Waals surface area contributed by atoms with Crippen molar-refractivity contribution >= 4 is 43.6 Å². The van der Waals surface area contributed by atoms with Gasteiger partial charge in [-0.25, -0.2) is 0 Å². The lowest BCUT2D eigenvalue weighted by atomic mass is 9.90. The van der Waals surface area contributed by atoms with Crippen molar-refractivity contribution in [3.63, 3.8) is 0 Å². The predicted octanol–water partition coefficient (Wildman–Crippen LogP) is 10.6. The van der Waals surface area contributed by atoms with Crippen LogP contribution in [0.2, 0.25) is 0 Å². The zero-order valence-corrected chi connectivity index (χ0v) is 28.1. The smallest absolute Gasteiger partial charge is 0.103 e. The number of nitriles is 4. The van der Waals surface area contributed by atoms with Crippen LogP contribution in [-0.4, -0.2) is 9.13 Å². The van der Waals surface area contributed by atoms with Crippen molar-refractivity contribution in [2.45, 2.75) is 6.42 Å². The highest BCUT2D eigenvalue weighted by Crippen LogP contribution is 2.47. The van der Waals surface area contributed by atoms with E-state index in [0.717, 1.165) is 50.0 Å².